The van der Waals surface area contributed by atoms with Gasteiger partial charge in [-0.15, -0.1) is 0 Å². The van der Waals surface area contributed by atoms with Crippen molar-refractivity contribution in [2.75, 3.05) is 0 Å². The van der Waals surface area contributed by atoms with Gasteiger partial charge in [0.15, 0.2) is 0 Å². The SMILES string of the molecule is O=C(O)c1ccc2c(c1)C(C1c3ccccc3-c3ccc(Br)cc31)c1ccccc1-2. The molecule has 4 aromatic rings. The molecule has 2 unspecified atom stereocenters. The van der Waals surface area contributed by atoms with Crippen molar-refractivity contribution in [3.05, 3.63) is 117 Å². The van der Waals surface area contributed by atoms with Crippen LogP contribution in [0.5, 0.6) is 0 Å². The molecule has 0 saturated heterocycles. The Morgan fingerprint density at radius 3 is 1.73 bits per heavy atom. The van der Waals surface area contributed by atoms with Crippen molar-refractivity contribution in [3.63, 3.8) is 0 Å². The van der Waals surface area contributed by atoms with Crippen LogP contribution in [-0.4, -0.2) is 11.1 Å². The lowest BCUT2D eigenvalue weighted by molar-refractivity contribution is 0.0697. The molecule has 1 N–H and O–H groups in total. The van der Waals surface area contributed by atoms with E-state index in [2.05, 4.69) is 82.7 Å². The number of rotatable bonds is 2. The predicted molar refractivity (Wildman–Crippen MR) is 122 cm³/mol. The summed E-state index contributed by atoms with van der Waals surface area (Å²) in [5, 5.41) is 9.63. The lowest BCUT2D eigenvalue weighted by Crippen LogP contribution is -2.10. The molecular weight excluding hydrogens is 436 g/mol. The van der Waals surface area contributed by atoms with Crippen LogP contribution in [0.3, 0.4) is 0 Å². The second kappa shape index (κ2) is 6.41. The first-order chi connectivity index (χ1) is 14.6. The Balaban J connectivity index is 1.66. The van der Waals surface area contributed by atoms with E-state index in [0.29, 0.717) is 5.56 Å². The molecule has 0 amide bonds. The highest BCUT2D eigenvalue weighted by atomic mass is 79.9. The van der Waals surface area contributed by atoms with Crippen molar-refractivity contribution < 1.29 is 9.90 Å². The number of carboxylic acids is 1. The highest BCUT2D eigenvalue weighted by molar-refractivity contribution is 9.10. The van der Waals surface area contributed by atoms with Crippen LogP contribution in [-0.2, 0) is 0 Å². The first-order valence-corrected chi connectivity index (χ1v) is 10.8. The second-order valence-electron chi connectivity index (χ2n) is 7.97. The van der Waals surface area contributed by atoms with Gasteiger partial charge in [0.05, 0.1) is 5.56 Å². The third-order valence-electron chi connectivity index (χ3n) is 6.49. The fourth-order valence-corrected chi connectivity index (χ4v) is 5.69. The van der Waals surface area contributed by atoms with Gasteiger partial charge in [-0.05, 0) is 68.8 Å². The molecule has 6 rings (SSSR count). The van der Waals surface area contributed by atoms with E-state index in [1.54, 1.807) is 6.07 Å². The zero-order valence-corrected chi connectivity index (χ0v) is 17.6. The van der Waals surface area contributed by atoms with Crippen LogP contribution in [0.25, 0.3) is 22.3 Å². The van der Waals surface area contributed by atoms with Crippen molar-refractivity contribution in [3.8, 4) is 22.3 Å². The summed E-state index contributed by atoms with van der Waals surface area (Å²) in [6.45, 7) is 0. The van der Waals surface area contributed by atoms with Gasteiger partial charge in [0, 0.05) is 16.3 Å². The highest BCUT2D eigenvalue weighted by Gasteiger charge is 2.41. The number of aromatic carboxylic acids is 1. The first-order valence-electron chi connectivity index (χ1n) is 9.99. The minimum atomic E-state index is -0.887. The summed E-state index contributed by atoms with van der Waals surface area (Å²) in [5.74, 6) is -0.671. The molecule has 2 atom stereocenters. The fraction of sp³-hybridized carbons (Fsp3) is 0.0741. The summed E-state index contributed by atoms with van der Waals surface area (Å²) in [5.41, 5.74) is 10.2. The summed E-state index contributed by atoms with van der Waals surface area (Å²) in [6, 6.07) is 29.2. The van der Waals surface area contributed by atoms with Gasteiger partial charge >= 0.3 is 5.97 Å². The van der Waals surface area contributed by atoms with E-state index in [1.807, 2.05) is 12.1 Å². The Morgan fingerprint density at radius 2 is 1.13 bits per heavy atom. The quantitative estimate of drug-likeness (QED) is 0.353. The molecule has 3 heteroatoms. The molecule has 0 radical (unpaired) electrons. The van der Waals surface area contributed by atoms with E-state index >= 15 is 0 Å². The molecule has 0 aromatic heterocycles. The molecule has 0 heterocycles. The summed E-state index contributed by atoms with van der Waals surface area (Å²) >= 11 is 3.66. The first kappa shape index (κ1) is 17.7. The number of halogens is 1. The van der Waals surface area contributed by atoms with Crippen molar-refractivity contribution in [2.45, 2.75) is 11.8 Å². The largest absolute Gasteiger partial charge is 0.478 e. The van der Waals surface area contributed by atoms with Gasteiger partial charge in [0.2, 0.25) is 0 Å². The Labute approximate surface area is 183 Å². The molecule has 0 saturated carbocycles. The molecule has 0 aliphatic heterocycles. The Kier molecular flexibility index (Phi) is 3.78. The Morgan fingerprint density at radius 1 is 0.633 bits per heavy atom. The smallest absolute Gasteiger partial charge is 0.335 e. The van der Waals surface area contributed by atoms with Gasteiger partial charge in [-0.2, -0.15) is 0 Å². The minimum absolute atomic E-state index is 0.0761. The average Bonchev–Trinajstić information content (AvgIpc) is 3.25. The molecule has 0 bridgehead atoms. The number of carboxylic acid groups (broad SMARTS) is 1. The van der Waals surface area contributed by atoms with E-state index in [9.17, 15) is 9.90 Å². The van der Waals surface area contributed by atoms with Crippen LogP contribution in [0.15, 0.2) is 89.4 Å². The van der Waals surface area contributed by atoms with Crippen LogP contribution in [0, 0.1) is 0 Å². The topological polar surface area (TPSA) is 37.3 Å². The average molecular weight is 453 g/mol. The maximum absolute atomic E-state index is 11.7. The molecule has 0 spiro atoms. The van der Waals surface area contributed by atoms with E-state index in [-0.39, 0.29) is 11.8 Å². The third-order valence-corrected chi connectivity index (χ3v) is 6.98. The van der Waals surface area contributed by atoms with Gasteiger partial charge in [0.1, 0.15) is 0 Å². The maximum Gasteiger partial charge on any atom is 0.335 e. The minimum Gasteiger partial charge on any atom is -0.478 e. The monoisotopic (exact) mass is 452 g/mol. The van der Waals surface area contributed by atoms with Gasteiger partial charge < -0.3 is 5.11 Å². The summed E-state index contributed by atoms with van der Waals surface area (Å²) in [7, 11) is 0. The van der Waals surface area contributed by atoms with Gasteiger partial charge in [-0.25, -0.2) is 4.79 Å². The summed E-state index contributed by atoms with van der Waals surface area (Å²) < 4.78 is 1.06. The molecule has 30 heavy (non-hydrogen) atoms. The third kappa shape index (κ3) is 2.39. The standard InChI is InChI=1S/C27H17BrO2/c28-16-10-12-20-18-6-2-4-8-22(18)26(24(20)14-16)25-21-7-3-1-5-17(21)19-11-9-15(27(29)30)13-23(19)25/h1-14,25-26H,(H,29,30). The maximum atomic E-state index is 11.7. The zero-order chi connectivity index (χ0) is 20.4. The van der Waals surface area contributed by atoms with Crippen molar-refractivity contribution >= 4 is 21.9 Å². The molecular formula is C27H17BrO2. The lowest BCUT2D eigenvalue weighted by Gasteiger charge is -2.24. The summed E-state index contributed by atoms with van der Waals surface area (Å²) in [4.78, 5) is 11.7. The van der Waals surface area contributed by atoms with Crippen LogP contribution in [0.4, 0.5) is 0 Å². The second-order valence-corrected chi connectivity index (χ2v) is 8.88. The van der Waals surface area contributed by atoms with Gasteiger partial charge in [0.25, 0.3) is 0 Å². The fourth-order valence-electron chi connectivity index (χ4n) is 5.31. The van der Waals surface area contributed by atoms with Crippen molar-refractivity contribution in [1.29, 1.82) is 0 Å². The molecule has 0 fully saturated rings. The Hall–Kier alpha value is -3.17. The molecule has 4 aromatic carbocycles. The molecule has 2 nitrogen and oxygen atoms in total. The van der Waals surface area contributed by atoms with Gasteiger partial charge in [-0.1, -0.05) is 76.6 Å². The zero-order valence-electron chi connectivity index (χ0n) is 16.0. The van der Waals surface area contributed by atoms with Crippen molar-refractivity contribution in [1.82, 2.24) is 0 Å². The molecule has 2 aliphatic carbocycles. The lowest BCUT2D eigenvalue weighted by atomic mass is 9.78. The van der Waals surface area contributed by atoms with Crippen LogP contribution < -0.4 is 0 Å². The molecule has 144 valence electrons. The number of benzene rings is 4. The van der Waals surface area contributed by atoms with E-state index < -0.39 is 5.97 Å². The summed E-state index contributed by atoms with van der Waals surface area (Å²) in [6.07, 6.45) is 0. The number of carbonyl (C=O) groups is 1. The van der Waals surface area contributed by atoms with Crippen molar-refractivity contribution in [2.24, 2.45) is 0 Å². The van der Waals surface area contributed by atoms with Gasteiger partial charge in [-0.3, -0.25) is 0 Å². The van der Waals surface area contributed by atoms with Crippen LogP contribution in [0.1, 0.15) is 44.4 Å². The van der Waals surface area contributed by atoms with E-state index in [4.69, 9.17) is 0 Å². The van der Waals surface area contributed by atoms with Crippen LogP contribution in [0.2, 0.25) is 0 Å². The predicted octanol–water partition coefficient (Wildman–Crippen LogP) is 7.07. The Bertz CT molecular complexity index is 1350. The number of hydrogen-bond acceptors (Lipinski definition) is 1. The molecule has 2 aliphatic rings. The van der Waals surface area contributed by atoms with E-state index in [1.165, 1.54) is 33.4 Å². The van der Waals surface area contributed by atoms with Crippen LogP contribution >= 0.6 is 15.9 Å². The normalized spacial score (nSPS) is 17.8. The number of fused-ring (bicyclic) bond motifs is 6. The highest BCUT2D eigenvalue weighted by Crippen LogP contribution is 2.58. The number of hydrogen-bond donors (Lipinski definition) is 1. The van der Waals surface area contributed by atoms with E-state index in [0.717, 1.165) is 15.6 Å².